The van der Waals surface area contributed by atoms with Gasteiger partial charge in [-0.2, -0.15) is 39.5 Å². The van der Waals surface area contributed by atoms with Crippen LogP contribution in [0.15, 0.2) is 49.1 Å². The molecule has 2 aromatic rings. The van der Waals surface area contributed by atoms with Gasteiger partial charge in [0.05, 0.1) is 5.92 Å². The maximum absolute atomic E-state index is 12.9. The summed E-state index contributed by atoms with van der Waals surface area (Å²) in [5.41, 5.74) is 2.37. The summed E-state index contributed by atoms with van der Waals surface area (Å²) in [5.74, 6) is -7.30. The van der Waals surface area contributed by atoms with Crippen molar-refractivity contribution in [1.82, 2.24) is 19.8 Å². The lowest BCUT2D eigenvalue weighted by molar-refractivity contribution is -0.193. The number of carbonyl (C=O) groups is 4. The second kappa shape index (κ2) is 16.5. The van der Waals surface area contributed by atoms with Crippen LogP contribution >= 0.6 is 0 Å². The zero-order valence-electron chi connectivity index (χ0n) is 22.7. The van der Waals surface area contributed by atoms with Crippen LogP contribution in [0.5, 0.6) is 0 Å². The first-order valence-electron chi connectivity index (χ1n) is 12.3. The minimum Gasteiger partial charge on any atom is -0.475 e. The quantitative estimate of drug-likeness (QED) is 0.410. The summed E-state index contributed by atoms with van der Waals surface area (Å²) in [5, 5.41) is 21.4. The van der Waals surface area contributed by atoms with Crippen molar-refractivity contribution in [2.45, 2.75) is 38.0 Å². The molecule has 0 radical (unpaired) electrons. The van der Waals surface area contributed by atoms with Crippen LogP contribution < -0.4 is 0 Å². The van der Waals surface area contributed by atoms with Crippen molar-refractivity contribution >= 4 is 23.8 Å². The van der Waals surface area contributed by atoms with Gasteiger partial charge in [-0.05, 0) is 41.7 Å². The van der Waals surface area contributed by atoms with Gasteiger partial charge in [0.25, 0.3) is 0 Å². The smallest absolute Gasteiger partial charge is 0.475 e. The number of amides is 1. The van der Waals surface area contributed by atoms with E-state index in [1.807, 2.05) is 35.6 Å². The first-order valence-corrected chi connectivity index (χ1v) is 12.3. The number of carboxylic acid groups (broad SMARTS) is 3. The molecule has 1 amide bonds. The fourth-order valence-electron chi connectivity index (χ4n) is 3.94. The van der Waals surface area contributed by atoms with E-state index in [0.29, 0.717) is 18.4 Å². The number of hydrogen-bond donors (Lipinski definition) is 3. The Morgan fingerprint density at radius 2 is 1.22 bits per heavy atom. The maximum atomic E-state index is 12.9. The van der Waals surface area contributed by atoms with E-state index in [0.717, 1.165) is 38.2 Å². The van der Waals surface area contributed by atoms with Crippen LogP contribution in [-0.2, 0) is 32.3 Å². The number of likely N-dealkylation sites (tertiary alicyclic amines) is 2. The molecule has 3 N–H and O–H groups in total. The number of pyridine rings is 2. The molecule has 2 aliphatic rings. The third kappa shape index (κ3) is 14.2. The average Bonchev–Trinajstić information content (AvgIpc) is 3.34. The molecule has 0 saturated carbocycles. The van der Waals surface area contributed by atoms with E-state index >= 15 is 0 Å². The van der Waals surface area contributed by atoms with Crippen molar-refractivity contribution in [3.05, 3.63) is 60.2 Å². The molecule has 4 rings (SSSR count). The van der Waals surface area contributed by atoms with Gasteiger partial charge in [0.15, 0.2) is 0 Å². The van der Waals surface area contributed by atoms with Gasteiger partial charge in [-0.15, -0.1) is 0 Å². The van der Waals surface area contributed by atoms with E-state index in [-0.39, 0.29) is 5.92 Å². The Morgan fingerprint density at radius 3 is 1.64 bits per heavy atom. The third-order valence-corrected chi connectivity index (χ3v) is 5.89. The molecule has 11 nitrogen and oxygen atoms in total. The summed E-state index contributed by atoms with van der Waals surface area (Å²) in [4.78, 5) is 52.2. The van der Waals surface area contributed by atoms with Gasteiger partial charge in [-0.3, -0.25) is 19.7 Å². The van der Waals surface area contributed by atoms with Crippen LogP contribution in [0.3, 0.4) is 0 Å². The number of aromatic nitrogens is 2. The number of aliphatic carboxylic acids is 3. The van der Waals surface area contributed by atoms with Crippen molar-refractivity contribution in [2.24, 2.45) is 11.8 Å². The maximum Gasteiger partial charge on any atom is 0.490 e. The molecule has 2 atom stereocenters. The Balaban J connectivity index is 0.000000396. The molecule has 2 fully saturated rings. The number of hydrogen-bond acceptors (Lipinski definition) is 7. The van der Waals surface area contributed by atoms with Gasteiger partial charge in [0, 0.05) is 57.5 Å². The minimum absolute atomic E-state index is 0.150. The van der Waals surface area contributed by atoms with Crippen LogP contribution in [-0.4, -0.2) is 97.1 Å². The molecule has 20 heteroatoms. The fourth-order valence-corrected chi connectivity index (χ4v) is 3.94. The van der Waals surface area contributed by atoms with Crippen LogP contribution in [0.4, 0.5) is 39.5 Å². The SMILES string of the molecule is O=C(O)C(F)(F)F.O=C(O)C(F)(F)F.O=C(O)C(F)(F)F.O=C1[C@H]2CN(Cc3ccncc3)C[C@@H]2CCN1Cc1cccnc1. The van der Waals surface area contributed by atoms with Crippen molar-refractivity contribution in [1.29, 1.82) is 0 Å². The Kier molecular flexibility index (Phi) is 14.2. The number of piperidine rings is 1. The predicted octanol–water partition coefficient (Wildman–Crippen LogP) is 3.86. The Hall–Kier alpha value is -4.49. The molecule has 0 unspecified atom stereocenters. The van der Waals surface area contributed by atoms with E-state index in [1.165, 1.54) is 5.56 Å². The lowest BCUT2D eigenvalue weighted by Crippen LogP contribution is -2.44. The number of halogens is 9. The molecule has 0 bridgehead atoms. The van der Waals surface area contributed by atoms with E-state index in [1.54, 1.807) is 6.20 Å². The van der Waals surface area contributed by atoms with Crippen LogP contribution in [0, 0.1) is 11.8 Å². The predicted molar refractivity (Wildman–Crippen MR) is 132 cm³/mol. The lowest BCUT2D eigenvalue weighted by Gasteiger charge is -2.33. The molecular formula is C25H25F9N4O7. The van der Waals surface area contributed by atoms with Gasteiger partial charge < -0.3 is 20.2 Å². The van der Waals surface area contributed by atoms with E-state index in [2.05, 4.69) is 27.0 Å². The number of fused-ring (bicyclic) bond motifs is 1. The fraction of sp³-hybridized carbons (Fsp3) is 0.440. The van der Waals surface area contributed by atoms with E-state index in [9.17, 15) is 44.3 Å². The molecule has 2 aliphatic heterocycles. The Morgan fingerprint density at radius 1 is 0.733 bits per heavy atom. The Labute approximate surface area is 247 Å². The molecular weight excluding hydrogens is 639 g/mol. The van der Waals surface area contributed by atoms with Gasteiger partial charge >= 0.3 is 36.4 Å². The molecule has 0 aromatic carbocycles. The van der Waals surface area contributed by atoms with Crippen molar-refractivity contribution in [3.8, 4) is 0 Å². The summed E-state index contributed by atoms with van der Waals surface area (Å²) in [6, 6.07) is 8.08. The van der Waals surface area contributed by atoms with Crippen LogP contribution in [0.1, 0.15) is 17.5 Å². The normalized spacial score (nSPS) is 18.2. The Bertz CT molecular complexity index is 1200. The monoisotopic (exact) mass is 664 g/mol. The van der Waals surface area contributed by atoms with Gasteiger partial charge in [-0.25, -0.2) is 14.4 Å². The summed E-state index contributed by atoms with van der Waals surface area (Å²) < 4.78 is 95.2. The summed E-state index contributed by atoms with van der Waals surface area (Å²) in [7, 11) is 0. The molecule has 0 aliphatic carbocycles. The topological polar surface area (TPSA) is 161 Å². The summed E-state index contributed by atoms with van der Waals surface area (Å²) in [6.45, 7) is 4.35. The number of nitrogens with zero attached hydrogens (tertiary/aromatic N) is 4. The molecule has 4 heterocycles. The second-order valence-corrected chi connectivity index (χ2v) is 9.23. The first-order chi connectivity index (χ1) is 20.6. The van der Waals surface area contributed by atoms with Gasteiger partial charge in [0.2, 0.25) is 5.91 Å². The molecule has 0 spiro atoms. The second-order valence-electron chi connectivity index (χ2n) is 9.23. The number of rotatable bonds is 4. The van der Waals surface area contributed by atoms with Gasteiger partial charge in [-0.1, -0.05) is 6.07 Å². The van der Waals surface area contributed by atoms with Crippen molar-refractivity contribution in [3.63, 3.8) is 0 Å². The highest BCUT2D eigenvalue weighted by Gasteiger charge is 2.43. The number of carbonyl (C=O) groups excluding carboxylic acids is 1. The largest absolute Gasteiger partial charge is 0.490 e. The van der Waals surface area contributed by atoms with Gasteiger partial charge in [0.1, 0.15) is 0 Å². The van der Waals surface area contributed by atoms with E-state index in [4.69, 9.17) is 29.7 Å². The summed E-state index contributed by atoms with van der Waals surface area (Å²) >= 11 is 0. The molecule has 250 valence electrons. The standard InChI is InChI=1S/C19H22N4O.3C2HF3O2/c24-19-18-14-22(11-15-3-7-20-8-4-15)13-17(18)5-9-23(19)12-16-2-1-6-21-10-16;3*3-2(4,5)1(6)7/h1-4,6-8,10,17-18H,5,9,11-14H2;3*(H,6,7)/t17-,18-;;;/m0.../s1. The minimum atomic E-state index is -5.08. The molecule has 2 aromatic heterocycles. The lowest BCUT2D eigenvalue weighted by atomic mass is 9.88. The zero-order valence-corrected chi connectivity index (χ0v) is 22.7. The van der Waals surface area contributed by atoms with E-state index < -0.39 is 36.4 Å². The number of alkyl halides is 9. The summed E-state index contributed by atoms with van der Waals surface area (Å²) in [6.07, 6.45) is -6.86. The van der Waals surface area contributed by atoms with Crippen LogP contribution in [0.2, 0.25) is 0 Å². The molecule has 45 heavy (non-hydrogen) atoms. The third-order valence-electron chi connectivity index (χ3n) is 5.89. The average molecular weight is 664 g/mol. The highest BCUT2D eigenvalue weighted by Crippen LogP contribution is 2.33. The highest BCUT2D eigenvalue weighted by atomic mass is 19.4. The van der Waals surface area contributed by atoms with Crippen molar-refractivity contribution < 1.29 is 74.0 Å². The first kappa shape index (κ1) is 38.5. The highest BCUT2D eigenvalue weighted by molar-refractivity contribution is 5.80. The van der Waals surface area contributed by atoms with Crippen LogP contribution in [0.25, 0.3) is 0 Å². The molecule has 2 saturated heterocycles. The van der Waals surface area contributed by atoms with Crippen molar-refractivity contribution in [2.75, 3.05) is 19.6 Å². The number of carboxylic acids is 3. The zero-order chi connectivity index (χ0) is 34.6.